The van der Waals surface area contributed by atoms with Crippen molar-refractivity contribution in [3.8, 4) is 45.1 Å². The first-order valence-corrected chi connectivity index (χ1v) is 18.7. The third-order valence-electron chi connectivity index (χ3n) is 11.7. The van der Waals surface area contributed by atoms with E-state index >= 15 is 0 Å². The largest absolute Gasteiger partial charge is 0.455 e. The van der Waals surface area contributed by atoms with Crippen molar-refractivity contribution in [2.45, 2.75) is 0 Å². The zero-order chi connectivity index (χ0) is 35.8. The molecule has 0 N–H and O–H groups in total. The van der Waals surface area contributed by atoms with Crippen LogP contribution in [0.15, 0.2) is 174 Å². The average Bonchev–Trinajstić information content (AvgIpc) is 3.87. The van der Waals surface area contributed by atoms with Crippen molar-refractivity contribution >= 4 is 76.5 Å². The Labute approximate surface area is 313 Å². The van der Waals surface area contributed by atoms with Crippen molar-refractivity contribution in [3.05, 3.63) is 170 Å². The molecule has 0 bridgehead atoms. The molecule has 0 saturated carbocycles. The fraction of sp³-hybridized carbons (Fsp3) is 0. The molecule has 0 unspecified atom stereocenters. The summed E-state index contributed by atoms with van der Waals surface area (Å²) in [5, 5.41) is 7.86. The van der Waals surface area contributed by atoms with E-state index < -0.39 is 0 Å². The third-order valence-corrected chi connectivity index (χ3v) is 11.7. The molecule has 13 rings (SSSR count). The van der Waals surface area contributed by atoms with Gasteiger partial charge in [-0.15, -0.1) is 0 Å². The van der Waals surface area contributed by atoms with E-state index in [0.717, 1.165) is 65.9 Å². The van der Waals surface area contributed by atoms with Gasteiger partial charge in [0.15, 0.2) is 0 Å². The first-order chi connectivity index (χ1) is 27.3. The number of aromatic nitrogens is 4. The van der Waals surface area contributed by atoms with Crippen LogP contribution in [0.1, 0.15) is 0 Å². The first-order valence-electron chi connectivity index (χ1n) is 18.7. The highest BCUT2D eigenvalue weighted by Gasteiger charge is 2.26. The van der Waals surface area contributed by atoms with Crippen LogP contribution in [0.3, 0.4) is 0 Å². The highest BCUT2D eigenvalue weighted by molar-refractivity contribution is 6.22. The quantitative estimate of drug-likeness (QED) is 0.180. The Hall–Kier alpha value is -7.50. The molecule has 12 aromatic rings. The Balaban J connectivity index is 1.15. The lowest BCUT2D eigenvalue weighted by molar-refractivity contribution is 0.670. The summed E-state index contributed by atoms with van der Waals surface area (Å²) < 4.78 is 11.3. The Kier molecular flexibility index (Phi) is 5.57. The summed E-state index contributed by atoms with van der Waals surface area (Å²) in [6.07, 6.45) is 0. The van der Waals surface area contributed by atoms with Gasteiger partial charge in [-0.25, -0.2) is 9.97 Å². The van der Waals surface area contributed by atoms with Gasteiger partial charge in [-0.1, -0.05) is 127 Å². The van der Waals surface area contributed by atoms with Gasteiger partial charge < -0.3 is 8.98 Å². The number of hydrogen-bond donors (Lipinski definition) is 0. The van der Waals surface area contributed by atoms with Crippen molar-refractivity contribution in [2.24, 2.45) is 0 Å². The van der Waals surface area contributed by atoms with Crippen LogP contribution in [0.4, 0.5) is 0 Å². The van der Waals surface area contributed by atoms with E-state index in [1.54, 1.807) is 0 Å². The number of nitrogens with zero attached hydrogens (tertiary/aromatic N) is 4. The topological polar surface area (TPSA) is 48.8 Å². The first kappa shape index (κ1) is 29.0. The Morgan fingerprint density at radius 2 is 0.982 bits per heavy atom. The van der Waals surface area contributed by atoms with Gasteiger partial charge in [-0.3, -0.25) is 4.57 Å². The van der Waals surface area contributed by atoms with Gasteiger partial charge in [0.1, 0.15) is 11.2 Å². The molecule has 1 aliphatic heterocycles. The predicted molar refractivity (Wildman–Crippen MR) is 225 cm³/mol. The molecule has 0 amide bonds. The average molecular weight is 701 g/mol. The highest BCUT2D eigenvalue weighted by Crippen LogP contribution is 2.48. The van der Waals surface area contributed by atoms with Crippen molar-refractivity contribution in [2.75, 3.05) is 0 Å². The lowest BCUT2D eigenvalue weighted by atomic mass is 9.94. The predicted octanol–water partition coefficient (Wildman–Crippen LogP) is 13.0. The minimum Gasteiger partial charge on any atom is -0.455 e. The Morgan fingerprint density at radius 3 is 1.85 bits per heavy atom. The molecule has 0 atom stereocenters. The molecule has 4 aromatic heterocycles. The monoisotopic (exact) mass is 700 g/mol. The molecule has 5 heterocycles. The van der Waals surface area contributed by atoms with Crippen molar-refractivity contribution < 1.29 is 4.42 Å². The van der Waals surface area contributed by atoms with E-state index in [1.165, 1.54) is 49.7 Å². The number of rotatable bonds is 2. The maximum absolute atomic E-state index is 6.56. The molecule has 254 valence electrons. The highest BCUT2D eigenvalue weighted by atomic mass is 16.3. The summed E-state index contributed by atoms with van der Waals surface area (Å²) in [6.45, 7) is 0. The van der Waals surface area contributed by atoms with Gasteiger partial charge in [0.05, 0.1) is 39.0 Å². The molecular formula is C50H28N4O. The third kappa shape index (κ3) is 3.81. The van der Waals surface area contributed by atoms with Gasteiger partial charge in [0, 0.05) is 54.4 Å². The maximum Gasteiger partial charge on any atom is 0.235 e. The van der Waals surface area contributed by atoms with E-state index in [9.17, 15) is 0 Å². The summed E-state index contributed by atoms with van der Waals surface area (Å²) in [7, 11) is 0. The van der Waals surface area contributed by atoms with Gasteiger partial charge >= 0.3 is 0 Å². The minimum atomic E-state index is 0.622. The molecule has 0 saturated heterocycles. The Bertz CT molecular complexity index is 3620. The van der Waals surface area contributed by atoms with E-state index in [4.69, 9.17) is 14.4 Å². The molecule has 0 aliphatic carbocycles. The van der Waals surface area contributed by atoms with E-state index in [0.29, 0.717) is 5.95 Å². The van der Waals surface area contributed by atoms with Crippen molar-refractivity contribution in [1.29, 1.82) is 0 Å². The second-order valence-electron chi connectivity index (χ2n) is 14.5. The van der Waals surface area contributed by atoms with Gasteiger partial charge in [0.25, 0.3) is 0 Å². The number of benzene rings is 8. The van der Waals surface area contributed by atoms with E-state index in [1.807, 2.05) is 18.2 Å². The van der Waals surface area contributed by atoms with E-state index in [2.05, 4.69) is 161 Å². The smallest absolute Gasteiger partial charge is 0.235 e. The summed E-state index contributed by atoms with van der Waals surface area (Å²) in [4.78, 5) is 10.8. The molecule has 0 spiro atoms. The SMILES string of the molecule is c1ccc2c(c1)-c1ccccc1-n1c3cc4c5ccccc5n(-c5nc(-c6cccc7c6oc6ccccc67)c6ccccc6n5)c4cc3c3cccc-2c31. The second-order valence-corrected chi connectivity index (χ2v) is 14.5. The maximum atomic E-state index is 6.56. The molecule has 1 aliphatic rings. The van der Waals surface area contributed by atoms with Crippen LogP contribution in [0.25, 0.3) is 122 Å². The van der Waals surface area contributed by atoms with Crippen LogP contribution in [-0.4, -0.2) is 19.1 Å². The minimum absolute atomic E-state index is 0.622. The van der Waals surface area contributed by atoms with Gasteiger partial charge in [0.2, 0.25) is 5.95 Å². The molecule has 8 aromatic carbocycles. The lowest BCUT2D eigenvalue weighted by Crippen LogP contribution is -2.03. The Morgan fingerprint density at radius 1 is 0.382 bits per heavy atom. The second kappa shape index (κ2) is 10.6. The van der Waals surface area contributed by atoms with Crippen LogP contribution >= 0.6 is 0 Å². The molecule has 5 nitrogen and oxygen atoms in total. The van der Waals surface area contributed by atoms with Crippen LogP contribution in [0, 0.1) is 0 Å². The summed E-state index contributed by atoms with van der Waals surface area (Å²) in [5.41, 5.74) is 15.0. The zero-order valence-electron chi connectivity index (χ0n) is 29.4. The van der Waals surface area contributed by atoms with Crippen LogP contribution < -0.4 is 0 Å². The zero-order valence-corrected chi connectivity index (χ0v) is 29.4. The molecule has 0 radical (unpaired) electrons. The number of hydrogen-bond acceptors (Lipinski definition) is 3. The standard InChI is InChI=1S/C50H28N4O/c1-2-14-30-29(13-1)31-15-4-8-24-42(31)53-44-27-39-32-16-5-9-25-43(32)54(45(39)28-40(44)35-20-11-19-34(30)48(35)53)50-51-41-23-7-3-18-37(41)47(52-50)38-22-12-21-36-33-17-6-10-26-46(33)55-49(36)38/h1-28H. The molecule has 55 heavy (non-hydrogen) atoms. The van der Waals surface area contributed by atoms with Crippen LogP contribution in [0.5, 0.6) is 0 Å². The summed E-state index contributed by atoms with van der Waals surface area (Å²) in [6, 6.07) is 60.6. The molecule has 0 fully saturated rings. The van der Waals surface area contributed by atoms with Gasteiger partial charge in [-0.2, -0.15) is 0 Å². The molecule has 5 heteroatoms. The number of fused-ring (bicyclic) bond motifs is 15. The summed E-state index contributed by atoms with van der Waals surface area (Å²) in [5.74, 6) is 0.622. The summed E-state index contributed by atoms with van der Waals surface area (Å²) >= 11 is 0. The van der Waals surface area contributed by atoms with E-state index in [-0.39, 0.29) is 0 Å². The van der Waals surface area contributed by atoms with Crippen LogP contribution in [-0.2, 0) is 0 Å². The van der Waals surface area contributed by atoms with Crippen LogP contribution in [0.2, 0.25) is 0 Å². The number of furan rings is 1. The molecular weight excluding hydrogens is 673 g/mol. The normalized spacial score (nSPS) is 12.4. The number of para-hydroxylation sites is 6. The fourth-order valence-electron chi connectivity index (χ4n) is 9.36. The fourth-order valence-corrected chi connectivity index (χ4v) is 9.36. The van der Waals surface area contributed by atoms with Crippen molar-refractivity contribution in [3.63, 3.8) is 0 Å². The van der Waals surface area contributed by atoms with Gasteiger partial charge in [-0.05, 0) is 53.6 Å². The van der Waals surface area contributed by atoms with Crippen molar-refractivity contribution in [1.82, 2.24) is 19.1 Å². The lowest BCUT2D eigenvalue weighted by Gasteiger charge is -2.13.